The van der Waals surface area contributed by atoms with E-state index in [-0.39, 0.29) is 81.9 Å². The number of hydrogen-bond acceptors (Lipinski definition) is 19. The van der Waals surface area contributed by atoms with Crippen molar-refractivity contribution >= 4 is 89.0 Å². The molecule has 2 aromatic heterocycles. The predicted molar refractivity (Wildman–Crippen MR) is 415 cm³/mol. The van der Waals surface area contributed by atoms with E-state index >= 15 is 9.59 Å². The van der Waals surface area contributed by atoms with E-state index < -0.39 is 69.0 Å². The number of hydrogen-bond donors (Lipinski definition) is 2. The molecule has 7 aromatic carbocycles. The quantitative estimate of drug-likeness (QED) is 0.0283. The first-order chi connectivity index (χ1) is 50.3. The lowest BCUT2D eigenvalue weighted by Gasteiger charge is -2.55. The number of nitrogens with zero attached hydrogens (tertiary/aromatic N) is 4. The lowest BCUT2D eigenvalue weighted by atomic mass is 9.57. The molecule has 7 atom stereocenters. The van der Waals surface area contributed by atoms with Crippen LogP contribution in [0, 0.1) is 17.8 Å². The third kappa shape index (κ3) is 13.8. The summed E-state index contributed by atoms with van der Waals surface area (Å²) in [5.41, 5.74) is 1.91. The van der Waals surface area contributed by atoms with Crippen molar-refractivity contribution in [3.05, 3.63) is 231 Å². The van der Waals surface area contributed by atoms with Crippen molar-refractivity contribution in [1.82, 2.24) is 20.1 Å². The van der Waals surface area contributed by atoms with E-state index in [9.17, 15) is 24.6 Å². The van der Waals surface area contributed by atoms with Crippen molar-refractivity contribution in [3.8, 4) is 23.3 Å². The summed E-state index contributed by atoms with van der Waals surface area (Å²) in [4.78, 5) is 75.4. The molecule has 1 fully saturated rings. The lowest BCUT2D eigenvalue weighted by Crippen LogP contribution is -2.68. The number of benzene rings is 7. The number of para-hydroxylation sites is 1. The van der Waals surface area contributed by atoms with Crippen molar-refractivity contribution in [2.24, 2.45) is 17.8 Å². The Kier molecular flexibility index (Phi) is 21.7. The Bertz CT molecular complexity index is 4900. The van der Waals surface area contributed by atoms with Gasteiger partial charge in [0.1, 0.15) is 47.2 Å². The fourth-order valence-corrected chi connectivity index (χ4v) is 18.5. The molecule has 0 saturated heterocycles. The maximum absolute atomic E-state index is 15.5. The second-order valence-electron chi connectivity index (χ2n) is 31.4. The van der Waals surface area contributed by atoms with Gasteiger partial charge in [-0.25, -0.2) is 4.79 Å². The molecule has 0 aliphatic heterocycles. The van der Waals surface area contributed by atoms with Crippen LogP contribution in [-0.4, -0.2) is 123 Å². The summed E-state index contributed by atoms with van der Waals surface area (Å²) in [6, 6.07) is 46.9. The minimum absolute atomic E-state index is 0.0171. The molecule has 22 heteroatoms. The molecule has 14 rings (SSSR count). The van der Waals surface area contributed by atoms with Gasteiger partial charge >= 0.3 is 5.97 Å². The maximum Gasteiger partial charge on any atom is 0.347 e. The number of aliphatic hydroxyl groups is 2. The smallest absolute Gasteiger partial charge is 0.347 e. The minimum Gasteiger partial charge on any atom is -0.507 e. The average molecular weight is 1530 g/mol. The van der Waals surface area contributed by atoms with Gasteiger partial charge < -0.3 is 47.1 Å². The van der Waals surface area contributed by atoms with Gasteiger partial charge in [-0.2, -0.15) is 0 Å². The Morgan fingerprint density at radius 3 is 1.62 bits per heavy atom. The van der Waals surface area contributed by atoms with Crippen molar-refractivity contribution < 1.29 is 71.0 Å². The molecular formula is C84H93BrN4O15Si2. The van der Waals surface area contributed by atoms with Gasteiger partial charge in [-0.3, -0.25) is 29.0 Å². The first kappa shape index (κ1) is 76.7. The second-order valence-corrected chi connectivity index (χ2v) is 41.4. The number of carbonyl (C=O) groups is 5. The SMILES string of the molecule is CN(C)[C@@H]1c2onc(OCc3ccccc3)c2C(=O)[C@@]2(O[Si](C)(C)C(C)(C)C)C(=O)C3=C(O)c4c(cc5ccccc5c4CO)C[C@H]3C[C@@H]12.CN(C)[C@@H]1c2onc(OCc3ccccc3)c2C(=O)[C@@]2(O[Si](C)(C)C(C)(C)C)C(=O)C=CC[C@@H]12.COc1c(C(=O)Oc2ccccc2)c(CBr)cc2ccccc12. The Hall–Kier alpha value is -8.98. The summed E-state index contributed by atoms with van der Waals surface area (Å²) in [5, 5.41) is 34.8. The van der Waals surface area contributed by atoms with Crippen LogP contribution >= 0.6 is 15.9 Å². The molecule has 2 heterocycles. The summed E-state index contributed by atoms with van der Waals surface area (Å²) in [6.45, 7) is 20.8. The number of alkyl halides is 1. The van der Waals surface area contributed by atoms with Crippen LogP contribution in [0.3, 0.4) is 0 Å². The molecule has 106 heavy (non-hydrogen) atoms. The highest BCUT2D eigenvalue weighted by molar-refractivity contribution is 9.08. The van der Waals surface area contributed by atoms with E-state index in [4.69, 9.17) is 36.8 Å². The van der Waals surface area contributed by atoms with Crippen LogP contribution in [0.1, 0.15) is 142 Å². The standard InChI is InChI=1S/C39H44N2O7Si.C26H34N2O5Si.C19H15BrO3/c1-38(2,3)49(6,7)48-39-28(32(41(4)5)34-31(36(39)45)37(40-47-34)46-21-22-13-9-8-10-14-22)19-25-18-24-17-23-15-11-12-16-26(23)27(20-42)29(24)33(43)30(25)35(39)44;1-25(2,3)34(6,7)33-26-18(14-11-15-19(26)29)21(28(4)5)22-20(23(26)30)24(27-32-22)31-16-17-12-9-8-10-13-17;1-22-18-16-10-6-5-7-13(16)11-14(12-20)17(18)19(21)23-15-8-3-2-4-9-15/h8-17,25,28,32,42-43H,18-21H2,1-7H3;8-13,15,18,21H,14,16H2,1-7H3;2-11H,12H2,1H3/t25-,28-,32-,39-;18-,21-,26-;/m00./s1. The van der Waals surface area contributed by atoms with Crippen LogP contribution in [0.25, 0.3) is 27.3 Å². The third-order valence-corrected chi connectivity index (χ3v) is 31.8. The third-order valence-electron chi connectivity index (χ3n) is 22.3. The van der Waals surface area contributed by atoms with Crippen LogP contribution in [-0.2, 0) is 50.0 Å². The molecule has 5 aliphatic carbocycles. The maximum atomic E-state index is 15.5. The Morgan fingerprint density at radius 2 is 1.11 bits per heavy atom. The number of ketones is 4. The van der Waals surface area contributed by atoms with Gasteiger partial charge in [0.05, 0.1) is 25.8 Å². The zero-order valence-corrected chi connectivity index (χ0v) is 66.4. The molecule has 19 nitrogen and oxygen atoms in total. The van der Waals surface area contributed by atoms with Crippen molar-refractivity contribution in [1.29, 1.82) is 0 Å². The second kappa shape index (κ2) is 30.0. The summed E-state index contributed by atoms with van der Waals surface area (Å²) in [7, 11) is 3.82. The normalized spacial score (nSPS) is 21.2. The molecule has 554 valence electrons. The number of ether oxygens (including phenoxy) is 4. The number of halogens is 1. The van der Waals surface area contributed by atoms with Gasteiger partial charge in [-0.15, -0.1) is 0 Å². The molecule has 9 aromatic rings. The molecule has 1 saturated carbocycles. The number of methoxy groups -OCH3 is 1. The van der Waals surface area contributed by atoms with Gasteiger partial charge in [-0.05, 0) is 168 Å². The molecule has 5 aliphatic rings. The van der Waals surface area contributed by atoms with Crippen molar-refractivity contribution in [2.45, 2.75) is 146 Å². The fraction of sp³-hybridized carbons (Fsp3) is 0.369. The molecule has 0 radical (unpaired) electrons. The lowest BCUT2D eigenvalue weighted by molar-refractivity contribution is -0.140. The summed E-state index contributed by atoms with van der Waals surface area (Å²) >= 11 is 3.45. The van der Waals surface area contributed by atoms with E-state index in [0.29, 0.717) is 64.3 Å². The van der Waals surface area contributed by atoms with Gasteiger partial charge in [0.2, 0.25) is 17.3 Å². The zero-order valence-electron chi connectivity index (χ0n) is 62.8. The largest absolute Gasteiger partial charge is 0.507 e. The Morgan fingerprint density at radius 1 is 0.632 bits per heavy atom. The number of fused-ring (bicyclic) bond motifs is 8. The van der Waals surface area contributed by atoms with E-state index in [0.717, 1.165) is 43.8 Å². The van der Waals surface area contributed by atoms with E-state index in [1.165, 1.54) is 6.08 Å². The highest BCUT2D eigenvalue weighted by Gasteiger charge is 2.70. The van der Waals surface area contributed by atoms with Gasteiger partial charge in [0.25, 0.3) is 11.8 Å². The fourth-order valence-electron chi connectivity index (χ4n) is 15.2. The number of allylic oxidation sites excluding steroid dienone is 1. The first-order valence-electron chi connectivity index (χ1n) is 35.8. The number of carbonyl (C=O) groups excluding carboxylic acids is 5. The van der Waals surface area contributed by atoms with Crippen LogP contribution in [0.5, 0.6) is 23.3 Å². The van der Waals surface area contributed by atoms with E-state index in [1.54, 1.807) is 19.2 Å². The van der Waals surface area contributed by atoms with Gasteiger partial charge in [0.15, 0.2) is 45.1 Å². The number of aromatic nitrogens is 2. The van der Waals surface area contributed by atoms with Crippen LogP contribution in [0.2, 0.25) is 36.3 Å². The molecule has 0 unspecified atom stereocenters. The van der Waals surface area contributed by atoms with Gasteiger partial charge in [-0.1, -0.05) is 197 Å². The molecule has 0 spiro atoms. The summed E-state index contributed by atoms with van der Waals surface area (Å²) in [6.07, 6.45) is 4.70. The van der Waals surface area contributed by atoms with Crippen LogP contribution < -0.4 is 18.9 Å². The number of Topliss-reactive ketones (excluding diaryl/α,β-unsaturated/α-hetero) is 3. The van der Waals surface area contributed by atoms with Crippen molar-refractivity contribution in [3.63, 3.8) is 0 Å². The Balaban J connectivity index is 0.000000160. The highest BCUT2D eigenvalue weighted by Crippen LogP contribution is 2.60. The number of aliphatic hydroxyl groups excluding tert-OH is 2. The number of esters is 1. The summed E-state index contributed by atoms with van der Waals surface area (Å²) in [5.74, 6) is -1.91. The van der Waals surface area contributed by atoms with Gasteiger partial charge in [0, 0.05) is 33.7 Å². The Labute approximate surface area is 629 Å². The molecule has 0 bridgehead atoms. The predicted octanol–water partition coefficient (Wildman–Crippen LogP) is 17.1. The van der Waals surface area contributed by atoms with Crippen LogP contribution in [0.4, 0.5) is 0 Å². The van der Waals surface area contributed by atoms with Crippen LogP contribution in [0.15, 0.2) is 178 Å². The molecule has 2 N–H and O–H groups in total. The first-order valence-corrected chi connectivity index (χ1v) is 42.7. The summed E-state index contributed by atoms with van der Waals surface area (Å²) < 4.78 is 48.8. The average Bonchev–Trinajstić information content (AvgIpc) is 1.16. The topological polar surface area (TPSA) is 240 Å². The number of rotatable bonds is 17. The molecule has 0 amide bonds. The van der Waals surface area contributed by atoms with Crippen molar-refractivity contribution in [2.75, 3.05) is 35.3 Å². The van der Waals surface area contributed by atoms with E-state index in [1.807, 2.05) is 197 Å². The monoisotopic (exact) mass is 1530 g/mol. The van der Waals surface area contributed by atoms with E-state index in [2.05, 4.69) is 80.9 Å². The zero-order chi connectivity index (χ0) is 76.2. The molecular weight excluding hydrogens is 1440 g/mol. The minimum atomic E-state index is -2.85. The highest BCUT2D eigenvalue weighted by atomic mass is 79.9.